The molecule has 1 aromatic heterocycles. The Morgan fingerprint density at radius 2 is 1.97 bits per heavy atom. The molecule has 3 rings (SSSR count). The first-order chi connectivity index (χ1) is 14.3. The number of rotatable bonds is 7. The molecule has 1 atom stereocenters. The number of hydrogen-bond acceptors (Lipinski definition) is 7. The monoisotopic (exact) mass is 412 g/mol. The van der Waals surface area contributed by atoms with E-state index in [1.165, 1.54) is 25.1 Å². The number of nitrogens with one attached hydrogen (secondary N) is 1. The normalized spacial score (nSPS) is 11.7. The predicted octanol–water partition coefficient (Wildman–Crippen LogP) is 4.23. The van der Waals surface area contributed by atoms with E-state index < -0.39 is 22.9 Å². The summed E-state index contributed by atoms with van der Waals surface area (Å²) in [5.41, 5.74) is 0.796. The molecule has 0 radical (unpaired) electrons. The van der Waals surface area contributed by atoms with Crippen LogP contribution in [0.4, 0.5) is 11.4 Å². The van der Waals surface area contributed by atoms with Gasteiger partial charge in [-0.2, -0.15) is 0 Å². The molecule has 0 aliphatic rings. The average molecular weight is 412 g/mol. The van der Waals surface area contributed by atoms with Gasteiger partial charge in [0.2, 0.25) is 5.76 Å². The molecule has 1 heterocycles. The number of hydrogen-bond donors (Lipinski definition) is 1. The zero-order valence-electron chi connectivity index (χ0n) is 16.6. The van der Waals surface area contributed by atoms with Crippen LogP contribution in [0.25, 0.3) is 11.0 Å². The lowest BCUT2D eigenvalue weighted by molar-refractivity contribution is -0.383. The van der Waals surface area contributed by atoms with Gasteiger partial charge in [0.15, 0.2) is 6.10 Å². The summed E-state index contributed by atoms with van der Waals surface area (Å²) in [7, 11) is 0. The van der Waals surface area contributed by atoms with Crippen LogP contribution in [0.5, 0.6) is 5.75 Å². The summed E-state index contributed by atoms with van der Waals surface area (Å²) < 4.78 is 16.3. The molecule has 156 valence electrons. The average Bonchev–Trinajstić information content (AvgIpc) is 3.04. The SMILES string of the molecule is CCOc1ccc2oc(C(=O)O[C@@H](C)C(=O)Nc3ccccc3[N+](=O)[O-])c(C)c2c1. The smallest absolute Gasteiger partial charge is 0.375 e. The number of para-hydroxylation sites is 2. The number of nitro benzene ring substituents is 1. The van der Waals surface area contributed by atoms with E-state index in [9.17, 15) is 19.7 Å². The highest BCUT2D eigenvalue weighted by atomic mass is 16.6. The van der Waals surface area contributed by atoms with Crippen molar-refractivity contribution in [2.24, 2.45) is 0 Å². The van der Waals surface area contributed by atoms with E-state index in [2.05, 4.69) is 5.32 Å². The van der Waals surface area contributed by atoms with Crippen molar-refractivity contribution in [2.75, 3.05) is 11.9 Å². The van der Waals surface area contributed by atoms with Crippen LogP contribution in [-0.4, -0.2) is 29.5 Å². The van der Waals surface area contributed by atoms with Crippen molar-refractivity contribution in [3.05, 3.63) is 63.9 Å². The van der Waals surface area contributed by atoms with Gasteiger partial charge in [-0.15, -0.1) is 0 Å². The molecule has 0 aliphatic carbocycles. The lowest BCUT2D eigenvalue weighted by Crippen LogP contribution is -2.30. The van der Waals surface area contributed by atoms with Gasteiger partial charge in [0.1, 0.15) is 17.0 Å². The molecular formula is C21H20N2O7. The number of nitro groups is 1. The van der Waals surface area contributed by atoms with Crippen LogP contribution in [-0.2, 0) is 9.53 Å². The third-order valence-electron chi connectivity index (χ3n) is 4.42. The lowest BCUT2D eigenvalue weighted by Gasteiger charge is -2.13. The van der Waals surface area contributed by atoms with Crippen molar-refractivity contribution in [2.45, 2.75) is 26.9 Å². The number of benzene rings is 2. The minimum absolute atomic E-state index is 0.0128. The number of carbonyl (C=O) groups is 2. The van der Waals surface area contributed by atoms with Crippen LogP contribution in [0, 0.1) is 17.0 Å². The highest BCUT2D eigenvalue weighted by Gasteiger charge is 2.25. The van der Waals surface area contributed by atoms with E-state index >= 15 is 0 Å². The Kier molecular flexibility index (Phi) is 6.01. The molecule has 2 aromatic carbocycles. The number of esters is 1. The zero-order chi connectivity index (χ0) is 21.8. The predicted molar refractivity (Wildman–Crippen MR) is 109 cm³/mol. The number of amides is 1. The van der Waals surface area contributed by atoms with Crippen LogP contribution in [0.1, 0.15) is 30.0 Å². The van der Waals surface area contributed by atoms with E-state index in [1.807, 2.05) is 6.92 Å². The summed E-state index contributed by atoms with van der Waals surface area (Å²) in [5, 5.41) is 14.2. The summed E-state index contributed by atoms with van der Waals surface area (Å²) >= 11 is 0. The van der Waals surface area contributed by atoms with Crippen molar-refractivity contribution in [1.82, 2.24) is 0 Å². The maximum Gasteiger partial charge on any atom is 0.375 e. The van der Waals surface area contributed by atoms with E-state index in [1.54, 1.807) is 31.2 Å². The molecule has 0 fully saturated rings. The number of carbonyl (C=O) groups excluding carboxylic acids is 2. The van der Waals surface area contributed by atoms with Crippen LogP contribution >= 0.6 is 0 Å². The first-order valence-electron chi connectivity index (χ1n) is 9.23. The molecule has 1 amide bonds. The summed E-state index contributed by atoms with van der Waals surface area (Å²) in [6, 6.07) is 10.9. The Hall–Kier alpha value is -3.88. The molecule has 0 bridgehead atoms. The highest BCUT2D eigenvalue weighted by Crippen LogP contribution is 2.30. The zero-order valence-corrected chi connectivity index (χ0v) is 16.6. The second-order valence-corrected chi connectivity index (χ2v) is 6.46. The minimum atomic E-state index is -1.20. The summed E-state index contributed by atoms with van der Waals surface area (Å²) in [6.07, 6.45) is -1.20. The quantitative estimate of drug-likeness (QED) is 0.350. The minimum Gasteiger partial charge on any atom is -0.494 e. The Morgan fingerprint density at radius 3 is 2.67 bits per heavy atom. The van der Waals surface area contributed by atoms with Crippen molar-refractivity contribution in [3.63, 3.8) is 0 Å². The molecule has 0 saturated heterocycles. The van der Waals surface area contributed by atoms with E-state index in [-0.39, 0.29) is 17.1 Å². The maximum absolute atomic E-state index is 12.6. The fourth-order valence-electron chi connectivity index (χ4n) is 2.89. The van der Waals surface area contributed by atoms with Gasteiger partial charge in [-0.25, -0.2) is 4.79 Å². The molecular weight excluding hydrogens is 392 g/mol. The van der Waals surface area contributed by atoms with E-state index in [0.29, 0.717) is 28.9 Å². The number of furan rings is 1. The molecule has 9 nitrogen and oxygen atoms in total. The lowest BCUT2D eigenvalue weighted by atomic mass is 10.1. The van der Waals surface area contributed by atoms with Crippen molar-refractivity contribution < 1.29 is 28.4 Å². The van der Waals surface area contributed by atoms with Crippen LogP contribution in [0.3, 0.4) is 0 Å². The summed E-state index contributed by atoms with van der Waals surface area (Å²) in [6.45, 7) is 5.44. The highest BCUT2D eigenvalue weighted by molar-refractivity contribution is 6.00. The fraction of sp³-hybridized carbons (Fsp3) is 0.238. The fourth-order valence-corrected chi connectivity index (χ4v) is 2.89. The first kappa shape index (κ1) is 20.8. The summed E-state index contributed by atoms with van der Waals surface area (Å²) in [4.78, 5) is 35.4. The van der Waals surface area contributed by atoms with Gasteiger partial charge in [0.05, 0.1) is 11.5 Å². The second-order valence-electron chi connectivity index (χ2n) is 6.46. The van der Waals surface area contributed by atoms with Crippen LogP contribution in [0.15, 0.2) is 46.9 Å². The molecule has 0 saturated carbocycles. The third-order valence-corrected chi connectivity index (χ3v) is 4.42. The number of nitrogens with zero attached hydrogens (tertiary/aromatic N) is 1. The maximum atomic E-state index is 12.6. The standard InChI is InChI=1S/C21H20N2O7/c1-4-28-14-9-10-18-15(11-14)12(2)19(30-18)21(25)29-13(3)20(24)22-16-7-5-6-8-17(16)23(26)27/h5-11,13H,4H2,1-3H3,(H,22,24)/t13-/m0/s1. The van der Waals surface area contributed by atoms with E-state index in [0.717, 1.165) is 0 Å². The molecule has 9 heteroatoms. The van der Waals surface area contributed by atoms with Gasteiger partial charge >= 0.3 is 5.97 Å². The Labute approximate surface area is 171 Å². The van der Waals surface area contributed by atoms with E-state index in [4.69, 9.17) is 13.9 Å². The Morgan fingerprint density at radius 1 is 1.23 bits per heavy atom. The number of fused-ring (bicyclic) bond motifs is 1. The largest absolute Gasteiger partial charge is 0.494 e. The number of ether oxygens (including phenoxy) is 2. The first-order valence-corrected chi connectivity index (χ1v) is 9.23. The topological polar surface area (TPSA) is 121 Å². The Bertz CT molecular complexity index is 1120. The molecule has 30 heavy (non-hydrogen) atoms. The third kappa shape index (κ3) is 4.24. The van der Waals surface area contributed by atoms with Crippen LogP contribution in [0.2, 0.25) is 0 Å². The van der Waals surface area contributed by atoms with Gasteiger partial charge in [0, 0.05) is 17.0 Å². The van der Waals surface area contributed by atoms with Gasteiger partial charge in [-0.1, -0.05) is 12.1 Å². The van der Waals surface area contributed by atoms with Crippen molar-refractivity contribution >= 4 is 34.2 Å². The number of anilines is 1. The molecule has 0 unspecified atom stereocenters. The van der Waals surface area contributed by atoms with Crippen LogP contribution < -0.4 is 10.1 Å². The van der Waals surface area contributed by atoms with Gasteiger partial charge < -0.3 is 19.2 Å². The van der Waals surface area contributed by atoms with Gasteiger partial charge in [0.25, 0.3) is 11.6 Å². The molecule has 0 aliphatic heterocycles. The van der Waals surface area contributed by atoms with Crippen molar-refractivity contribution in [1.29, 1.82) is 0 Å². The van der Waals surface area contributed by atoms with Gasteiger partial charge in [-0.3, -0.25) is 14.9 Å². The number of aryl methyl sites for hydroxylation is 1. The second kappa shape index (κ2) is 8.64. The molecule has 3 aromatic rings. The molecule has 1 N–H and O–H groups in total. The molecule has 0 spiro atoms. The summed E-state index contributed by atoms with van der Waals surface area (Å²) in [5.74, 6) is -0.896. The Balaban J connectivity index is 1.75. The van der Waals surface area contributed by atoms with Crippen molar-refractivity contribution in [3.8, 4) is 5.75 Å². The van der Waals surface area contributed by atoms with Gasteiger partial charge in [-0.05, 0) is 45.0 Å².